The molecule has 1 aliphatic heterocycles. The number of nitrogens with zero attached hydrogens (tertiary/aromatic N) is 2. The molecule has 0 unspecified atom stereocenters. The van der Waals surface area contributed by atoms with Gasteiger partial charge in [-0.2, -0.15) is 0 Å². The Hall–Kier alpha value is -3.71. The second-order valence-corrected chi connectivity index (χ2v) is 12.4. The van der Waals surface area contributed by atoms with E-state index in [1.165, 1.54) is 12.7 Å². The third kappa shape index (κ3) is 6.67. The summed E-state index contributed by atoms with van der Waals surface area (Å²) in [5.41, 5.74) is 7.37. The summed E-state index contributed by atoms with van der Waals surface area (Å²) in [6, 6.07) is 18.4. The number of ether oxygens (including phenoxy) is 2. The summed E-state index contributed by atoms with van der Waals surface area (Å²) in [5, 5.41) is 0. The van der Waals surface area contributed by atoms with E-state index >= 15 is 0 Å². The first-order valence-electron chi connectivity index (χ1n) is 14.9. The molecular formula is C35H41FN2O4. The predicted octanol–water partition coefficient (Wildman–Crippen LogP) is 7.19. The Morgan fingerprint density at radius 2 is 1.79 bits per heavy atom. The first-order valence-corrected chi connectivity index (χ1v) is 14.9. The lowest BCUT2D eigenvalue weighted by atomic mass is 9.87. The number of esters is 1. The molecule has 0 bridgehead atoms. The number of allylic oxidation sites excluding steroid dienone is 1. The third-order valence-electron chi connectivity index (χ3n) is 8.03. The maximum absolute atomic E-state index is 13.2. The molecule has 0 atom stereocenters. The number of aryl methyl sites for hydroxylation is 1. The number of likely N-dealkylation sites (tertiary alicyclic amines) is 1. The molecule has 6 nitrogen and oxygen atoms in total. The van der Waals surface area contributed by atoms with Gasteiger partial charge >= 0.3 is 12.1 Å². The highest BCUT2D eigenvalue weighted by molar-refractivity contribution is 6.01. The number of fused-ring (bicyclic) bond motifs is 1. The lowest BCUT2D eigenvalue weighted by Crippen LogP contribution is -2.47. The van der Waals surface area contributed by atoms with Crippen molar-refractivity contribution in [1.29, 1.82) is 0 Å². The van der Waals surface area contributed by atoms with Crippen LogP contribution in [0.5, 0.6) is 0 Å². The van der Waals surface area contributed by atoms with Gasteiger partial charge in [-0.1, -0.05) is 30.3 Å². The molecule has 7 heteroatoms. The lowest BCUT2D eigenvalue weighted by molar-refractivity contribution is 0.0534. The molecule has 0 saturated carbocycles. The second-order valence-electron chi connectivity index (χ2n) is 12.4. The van der Waals surface area contributed by atoms with Gasteiger partial charge in [-0.3, -0.25) is 8.96 Å². The van der Waals surface area contributed by atoms with Gasteiger partial charge in [0, 0.05) is 25.8 Å². The molecule has 0 spiro atoms. The minimum absolute atomic E-state index is 0.254. The fourth-order valence-electron chi connectivity index (χ4n) is 6.13. The number of halogens is 1. The largest absolute Gasteiger partial charge is 0.465 e. The summed E-state index contributed by atoms with van der Waals surface area (Å²) in [7, 11) is 1.40. The molecule has 1 fully saturated rings. The van der Waals surface area contributed by atoms with Crippen molar-refractivity contribution in [3.05, 3.63) is 94.3 Å². The lowest BCUT2D eigenvalue weighted by Gasteiger charge is -2.39. The molecule has 1 aliphatic carbocycles. The van der Waals surface area contributed by atoms with Crippen molar-refractivity contribution in [1.82, 2.24) is 9.47 Å². The van der Waals surface area contributed by atoms with Crippen molar-refractivity contribution in [2.75, 3.05) is 33.4 Å². The maximum atomic E-state index is 13.2. The molecule has 222 valence electrons. The van der Waals surface area contributed by atoms with Crippen LogP contribution in [0.1, 0.15) is 78.3 Å². The number of hydrogen-bond donors (Lipinski definition) is 0. The topological polar surface area (TPSA) is 60.8 Å². The van der Waals surface area contributed by atoms with Crippen LogP contribution in [0, 0.1) is 5.92 Å². The van der Waals surface area contributed by atoms with Crippen LogP contribution in [-0.2, 0) is 22.3 Å². The molecule has 0 N–H and O–H groups in total. The molecule has 1 saturated heterocycles. The Bertz CT molecular complexity index is 1460. The number of aromatic nitrogens is 1. The van der Waals surface area contributed by atoms with Crippen molar-refractivity contribution >= 4 is 23.2 Å². The summed E-state index contributed by atoms with van der Waals surface area (Å²) < 4.78 is 24.8. The zero-order valence-corrected chi connectivity index (χ0v) is 25.1. The van der Waals surface area contributed by atoms with Crippen LogP contribution in [0.4, 0.5) is 9.18 Å². The van der Waals surface area contributed by atoms with Gasteiger partial charge in [-0.15, -0.1) is 0 Å². The summed E-state index contributed by atoms with van der Waals surface area (Å²) in [4.78, 5) is 27.9. The van der Waals surface area contributed by atoms with Crippen LogP contribution in [0.25, 0.3) is 11.1 Å². The van der Waals surface area contributed by atoms with Crippen LogP contribution < -0.4 is 0 Å². The highest BCUT2D eigenvalue weighted by Crippen LogP contribution is 2.40. The average molecular weight is 573 g/mol. The van der Waals surface area contributed by atoms with Gasteiger partial charge in [-0.25, -0.2) is 9.59 Å². The summed E-state index contributed by atoms with van der Waals surface area (Å²) in [6.07, 6.45) is 5.41. The van der Waals surface area contributed by atoms with E-state index in [0.717, 1.165) is 78.8 Å². The van der Waals surface area contributed by atoms with Gasteiger partial charge < -0.3 is 14.4 Å². The van der Waals surface area contributed by atoms with E-state index < -0.39 is 11.7 Å². The Morgan fingerprint density at radius 1 is 1.02 bits per heavy atom. The van der Waals surface area contributed by atoms with Crippen LogP contribution in [-0.4, -0.2) is 60.5 Å². The summed E-state index contributed by atoms with van der Waals surface area (Å²) >= 11 is 0. The van der Waals surface area contributed by atoms with E-state index in [-0.39, 0.29) is 12.6 Å². The average Bonchev–Trinajstić information content (AvgIpc) is 3.35. The molecule has 2 heterocycles. The molecular weight excluding hydrogens is 531 g/mol. The van der Waals surface area contributed by atoms with E-state index in [1.54, 1.807) is 10.8 Å². The van der Waals surface area contributed by atoms with E-state index in [9.17, 15) is 14.0 Å². The molecule has 0 amide bonds. The van der Waals surface area contributed by atoms with Gasteiger partial charge in [-0.05, 0) is 116 Å². The minimum Gasteiger partial charge on any atom is -0.465 e. The van der Waals surface area contributed by atoms with Crippen molar-refractivity contribution < 1.29 is 23.5 Å². The van der Waals surface area contributed by atoms with Crippen molar-refractivity contribution in [3.8, 4) is 0 Å². The summed E-state index contributed by atoms with van der Waals surface area (Å²) in [6.45, 7) is 8.23. The highest BCUT2D eigenvalue weighted by Gasteiger charge is 2.28. The fraction of sp³-hybridized carbons (Fsp3) is 0.429. The highest BCUT2D eigenvalue weighted by atomic mass is 19.1. The predicted molar refractivity (Wildman–Crippen MR) is 163 cm³/mol. The molecule has 0 radical (unpaired) electrons. The third-order valence-corrected chi connectivity index (χ3v) is 8.03. The monoisotopic (exact) mass is 572 g/mol. The van der Waals surface area contributed by atoms with E-state index in [4.69, 9.17) is 9.47 Å². The number of carbonyl (C=O) groups excluding carboxylic acids is 2. The normalized spacial score (nSPS) is 16.0. The minimum atomic E-state index is -0.614. The van der Waals surface area contributed by atoms with Gasteiger partial charge in [0.05, 0.1) is 25.0 Å². The molecule has 2 aromatic carbocycles. The number of hydrogen-bond acceptors (Lipinski definition) is 5. The Labute approximate surface area is 248 Å². The summed E-state index contributed by atoms with van der Waals surface area (Å²) in [5.74, 6) is 0.243. The number of benzene rings is 2. The van der Waals surface area contributed by atoms with Gasteiger partial charge in [0.25, 0.3) is 0 Å². The van der Waals surface area contributed by atoms with Gasteiger partial charge in [0.1, 0.15) is 5.60 Å². The van der Waals surface area contributed by atoms with Crippen LogP contribution in [0.2, 0.25) is 0 Å². The quantitative estimate of drug-likeness (QED) is 0.268. The number of methoxy groups -OCH3 is 1. The van der Waals surface area contributed by atoms with Gasteiger partial charge in [0.15, 0.2) is 0 Å². The second kappa shape index (κ2) is 12.7. The fourth-order valence-corrected chi connectivity index (χ4v) is 6.13. The SMILES string of the molecule is COC(=O)c1ccc2c(c1)CCCC(c1cccn1C(=O)OC(C)(C)C)=C2c1ccc(CC2CN(CCCF)C2)cc1. The van der Waals surface area contributed by atoms with Crippen molar-refractivity contribution in [2.45, 2.75) is 58.5 Å². The Kier molecular flexibility index (Phi) is 8.97. The van der Waals surface area contributed by atoms with E-state index in [2.05, 4.69) is 29.2 Å². The van der Waals surface area contributed by atoms with E-state index in [1.807, 2.05) is 51.1 Å². The molecule has 5 rings (SSSR count). The Balaban J connectivity index is 1.53. The smallest absolute Gasteiger partial charge is 0.418 e. The zero-order chi connectivity index (χ0) is 29.9. The van der Waals surface area contributed by atoms with Crippen molar-refractivity contribution in [2.24, 2.45) is 5.92 Å². The molecule has 42 heavy (non-hydrogen) atoms. The number of carbonyl (C=O) groups is 2. The standard InChI is InChI=1S/C35H41FN2O4/c1-35(2,3)42-34(40)38-19-6-10-31(38)30-9-5-8-27-21-28(33(39)41-4)15-16-29(27)32(30)26-13-11-24(12-14-26)20-25-22-37(23-25)18-7-17-36/h6,10-16,19,21,25H,5,7-9,17-18,20,22-23H2,1-4H3. The van der Waals surface area contributed by atoms with Gasteiger partial charge in [0.2, 0.25) is 0 Å². The zero-order valence-electron chi connectivity index (χ0n) is 25.1. The first-order chi connectivity index (χ1) is 20.2. The number of alkyl halides is 1. The first kappa shape index (κ1) is 29.8. The van der Waals surface area contributed by atoms with Crippen LogP contribution in [0.15, 0.2) is 60.8 Å². The van der Waals surface area contributed by atoms with Crippen LogP contribution in [0.3, 0.4) is 0 Å². The van der Waals surface area contributed by atoms with Crippen molar-refractivity contribution in [3.63, 3.8) is 0 Å². The van der Waals surface area contributed by atoms with E-state index in [0.29, 0.717) is 17.9 Å². The molecule has 3 aromatic rings. The maximum Gasteiger partial charge on any atom is 0.418 e. The van der Waals surface area contributed by atoms with Crippen LogP contribution >= 0.6 is 0 Å². The molecule has 1 aromatic heterocycles. The number of rotatable bonds is 8. The molecule has 2 aliphatic rings. The Morgan fingerprint density at radius 3 is 2.48 bits per heavy atom.